The molecule has 156 valence electrons. The largest absolute Gasteiger partial charge is 0.491 e. The van der Waals surface area contributed by atoms with Crippen molar-refractivity contribution in [2.75, 3.05) is 25.1 Å². The van der Waals surface area contributed by atoms with E-state index in [1.165, 1.54) is 0 Å². The van der Waals surface area contributed by atoms with Crippen LogP contribution in [-0.2, 0) is 4.74 Å². The summed E-state index contributed by atoms with van der Waals surface area (Å²) < 4.78 is 16.6. The molecule has 0 aliphatic heterocycles. The van der Waals surface area contributed by atoms with Gasteiger partial charge in [-0.25, -0.2) is 0 Å². The van der Waals surface area contributed by atoms with Crippen LogP contribution in [0, 0.1) is 0 Å². The lowest BCUT2D eigenvalue weighted by Gasteiger charge is -2.14. The summed E-state index contributed by atoms with van der Waals surface area (Å²) in [6.07, 6.45) is 1.05. The number of hydrogen-bond donors (Lipinski definition) is 2. The number of amides is 1. The molecule has 0 bridgehead atoms. The molecule has 0 saturated heterocycles. The van der Waals surface area contributed by atoms with Gasteiger partial charge in [0.2, 0.25) is 0 Å². The predicted octanol–water partition coefficient (Wildman–Crippen LogP) is 4.41. The van der Waals surface area contributed by atoms with Gasteiger partial charge in [-0.05, 0) is 68.9 Å². The van der Waals surface area contributed by atoms with Crippen molar-refractivity contribution in [2.24, 2.45) is 0 Å². The highest BCUT2D eigenvalue weighted by Crippen LogP contribution is 2.19. The zero-order valence-corrected chi connectivity index (χ0v) is 17.9. The van der Waals surface area contributed by atoms with E-state index in [-0.39, 0.29) is 17.1 Å². The van der Waals surface area contributed by atoms with Crippen LogP contribution in [0.4, 0.5) is 5.69 Å². The van der Waals surface area contributed by atoms with Crippen molar-refractivity contribution in [3.05, 3.63) is 54.1 Å². The monoisotopic (exact) mass is 416 g/mol. The fourth-order valence-electron chi connectivity index (χ4n) is 2.37. The highest BCUT2D eigenvalue weighted by Gasteiger charge is 2.09. The lowest BCUT2D eigenvalue weighted by molar-refractivity contribution is 0.0977. The van der Waals surface area contributed by atoms with Gasteiger partial charge in [0.25, 0.3) is 5.91 Å². The Morgan fingerprint density at radius 3 is 2.52 bits per heavy atom. The van der Waals surface area contributed by atoms with Gasteiger partial charge in [-0.3, -0.25) is 10.1 Å². The van der Waals surface area contributed by atoms with E-state index >= 15 is 0 Å². The molecular formula is C22H28N2O4S. The van der Waals surface area contributed by atoms with Crippen LogP contribution in [0.2, 0.25) is 0 Å². The molecule has 0 heterocycles. The molecule has 2 N–H and O–H groups in total. The molecule has 0 radical (unpaired) electrons. The maximum atomic E-state index is 12.4. The lowest BCUT2D eigenvalue weighted by Crippen LogP contribution is -2.34. The lowest BCUT2D eigenvalue weighted by atomic mass is 10.2. The maximum Gasteiger partial charge on any atom is 0.257 e. The van der Waals surface area contributed by atoms with E-state index in [9.17, 15) is 4.79 Å². The Morgan fingerprint density at radius 1 is 1.07 bits per heavy atom. The maximum absolute atomic E-state index is 12.4. The number of anilines is 1. The molecule has 7 heteroatoms. The first-order valence-corrected chi connectivity index (χ1v) is 10.1. The van der Waals surface area contributed by atoms with Gasteiger partial charge in [-0.1, -0.05) is 13.0 Å². The Balaban J connectivity index is 1.85. The molecular weight excluding hydrogens is 388 g/mol. The highest BCUT2D eigenvalue weighted by molar-refractivity contribution is 7.80. The van der Waals surface area contributed by atoms with Crippen molar-refractivity contribution < 1.29 is 19.0 Å². The SMILES string of the molecule is CCOCCOc1ccc(C(=O)NC(=S)Nc2cccc(OC(C)CC)c2)cc1. The van der Waals surface area contributed by atoms with E-state index in [0.717, 1.165) is 17.9 Å². The van der Waals surface area contributed by atoms with E-state index in [1.807, 2.05) is 38.1 Å². The third-order valence-electron chi connectivity index (χ3n) is 4.05. The Labute approximate surface area is 177 Å². The molecule has 0 aliphatic rings. The molecule has 0 spiro atoms. The molecule has 2 rings (SSSR count). The summed E-state index contributed by atoms with van der Waals surface area (Å²) in [5.41, 5.74) is 1.23. The summed E-state index contributed by atoms with van der Waals surface area (Å²) in [5, 5.41) is 5.90. The normalized spacial score (nSPS) is 11.4. The number of ether oxygens (including phenoxy) is 3. The van der Waals surface area contributed by atoms with E-state index in [2.05, 4.69) is 17.6 Å². The minimum Gasteiger partial charge on any atom is -0.491 e. The first-order chi connectivity index (χ1) is 14.0. The second-order valence-corrected chi connectivity index (χ2v) is 6.75. The minimum atomic E-state index is -0.296. The van der Waals surface area contributed by atoms with Crippen LogP contribution in [0.15, 0.2) is 48.5 Å². The molecule has 0 fully saturated rings. The zero-order chi connectivity index (χ0) is 21.1. The van der Waals surface area contributed by atoms with Crippen molar-refractivity contribution >= 4 is 28.9 Å². The molecule has 1 atom stereocenters. The van der Waals surface area contributed by atoms with Crippen molar-refractivity contribution in [2.45, 2.75) is 33.3 Å². The Morgan fingerprint density at radius 2 is 1.83 bits per heavy atom. The highest BCUT2D eigenvalue weighted by atomic mass is 32.1. The molecule has 6 nitrogen and oxygen atoms in total. The van der Waals surface area contributed by atoms with Gasteiger partial charge in [-0.2, -0.15) is 0 Å². The van der Waals surface area contributed by atoms with Gasteiger partial charge in [0.05, 0.1) is 12.7 Å². The third-order valence-corrected chi connectivity index (χ3v) is 4.25. The van der Waals surface area contributed by atoms with Crippen LogP contribution in [0.25, 0.3) is 0 Å². The van der Waals surface area contributed by atoms with Crippen LogP contribution < -0.4 is 20.1 Å². The number of rotatable bonds is 10. The fourth-order valence-corrected chi connectivity index (χ4v) is 2.58. The van der Waals surface area contributed by atoms with E-state index in [4.69, 9.17) is 26.4 Å². The molecule has 1 unspecified atom stereocenters. The standard InChI is InChI=1S/C22H28N2O4S/c1-4-16(3)28-20-8-6-7-18(15-20)23-22(29)24-21(25)17-9-11-19(12-10-17)27-14-13-26-5-2/h6-12,15-16H,4-5,13-14H2,1-3H3,(H2,23,24,25,29). The Kier molecular flexibility index (Phi) is 9.40. The number of hydrogen-bond acceptors (Lipinski definition) is 5. The average molecular weight is 417 g/mol. The Hall–Kier alpha value is -2.64. The van der Waals surface area contributed by atoms with Gasteiger partial charge in [0.15, 0.2) is 5.11 Å². The predicted molar refractivity (Wildman–Crippen MR) is 119 cm³/mol. The van der Waals surface area contributed by atoms with Gasteiger partial charge in [0, 0.05) is 23.9 Å². The van der Waals surface area contributed by atoms with E-state index in [1.54, 1.807) is 24.3 Å². The first kappa shape index (κ1) is 22.6. The molecule has 0 saturated carbocycles. The summed E-state index contributed by atoms with van der Waals surface area (Å²) in [7, 11) is 0. The summed E-state index contributed by atoms with van der Waals surface area (Å²) in [6, 6.07) is 14.3. The fraction of sp³-hybridized carbons (Fsp3) is 0.364. The van der Waals surface area contributed by atoms with Crippen LogP contribution in [-0.4, -0.2) is 36.9 Å². The van der Waals surface area contributed by atoms with Gasteiger partial charge >= 0.3 is 0 Å². The smallest absolute Gasteiger partial charge is 0.257 e. The summed E-state index contributed by atoms with van der Waals surface area (Å²) in [5.74, 6) is 1.13. The molecule has 29 heavy (non-hydrogen) atoms. The van der Waals surface area contributed by atoms with E-state index < -0.39 is 0 Å². The molecule has 1 amide bonds. The first-order valence-electron chi connectivity index (χ1n) is 9.71. The number of carbonyl (C=O) groups is 1. The average Bonchev–Trinajstić information content (AvgIpc) is 2.71. The van der Waals surface area contributed by atoms with Crippen molar-refractivity contribution in [1.82, 2.24) is 5.32 Å². The number of carbonyl (C=O) groups excluding carboxylic acids is 1. The van der Waals surface area contributed by atoms with Crippen LogP contribution in [0.5, 0.6) is 11.5 Å². The molecule has 0 aliphatic carbocycles. The summed E-state index contributed by atoms with van der Waals surface area (Å²) >= 11 is 5.25. The van der Waals surface area contributed by atoms with Crippen LogP contribution in [0.3, 0.4) is 0 Å². The second-order valence-electron chi connectivity index (χ2n) is 6.34. The number of benzene rings is 2. The van der Waals surface area contributed by atoms with Crippen molar-refractivity contribution in [3.63, 3.8) is 0 Å². The third kappa shape index (κ3) is 8.09. The molecule has 2 aromatic carbocycles. The number of thiocarbonyl (C=S) groups is 1. The quantitative estimate of drug-likeness (QED) is 0.442. The van der Waals surface area contributed by atoms with E-state index in [0.29, 0.717) is 31.1 Å². The summed E-state index contributed by atoms with van der Waals surface area (Å²) in [4.78, 5) is 12.4. The zero-order valence-electron chi connectivity index (χ0n) is 17.1. The van der Waals surface area contributed by atoms with Crippen LogP contribution >= 0.6 is 12.2 Å². The molecule has 2 aromatic rings. The van der Waals surface area contributed by atoms with Crippen molar-refractivity contribution in [1.29, 1.82) is 0 Å². The topological polar surface area (TPSA) is 68.8 Å². The summed E-state index contributed by atoms with van der Waals surface area (Å²) in [6.45, 7) is 7.67. The minimum absolute atomic E-state index is 0.128. The van der Waals surface area contributed by atoms with Gasteiger partial charge in [0.1, 0.15) is 18.1 Å². The van der Waals surface area contributed by atoms with Gasteiger partial charge < -0.3 is 19.5 Å². The number of nitrogens with one attached hydrogen (secondary N) is 2. The Bertz CT molecular complexity index is 796. The molecule has 0 aromatic heterocycles. The van der Waals surface area contributed by atoms with Gasteiger partial charge in [-0.15, -0.1) is 0 Å². The van der Waals surface area contributed by atoms with Crippen molar-refractivity contribution in [3.8, 4) is 11.5 Å². The van der Waals surface area contributed by atoms with Crippen LogP contribution in [0.1, 0.15) is 37.6 Å². The second kappa shape index (κ2) is 12.0.